The van der Waals surface area contributed by atoms with Gasteiger partial charge in [0, 0.05) is 18.3 Å². The van der Waals surface area contributed by atoms with Gasteiger partial charge in [-0.05, 0) is 5.56 Å². The van der Waals surface area contributed by atoms with E-state index in [2.05, 4.69) is 5.32 Å². The predicted octanol–water partition coefficient (Wildman–Crippen LogP) is 1.17. The number of benzene rings is 1. The van der Waals surface area contributed by atoms with Crippen LogP contribution in [0.2, 0.25) is 0 Å². The van der Waals surface area contributed by atoms with Crippen LogP contribution in [-0.2, 0) is 4.79 Å². The van der Waals surface area contributed by atoms with Gasteiger partial charge in [0.1, 0.15) is 5.72 Å². The molecule has 6 heteroatoms. The third kappa shape index (κ3) is 1.55. The summed E-state index contributed by atoms with van der Waals surface area (Å²) < 4.78 is 0. The lowest BCUT2D eigenvalue weighted by molar-refractivity contribution is -0.128. The highest BCUT2D eigenvalue weighted by Gasteiger charge is 2.76. The number of rotatable bonds is 1. The molecule has 4 atom stereocenters. The minimum absolute atomic E-state index is 0.263. The summed E-state index contributed by atoms with van der Waals surface area (Å²) in [5.74, 6) is -2.12. The molecule has 6 nitrogen and oxygen atoms in total. The molecule has 2 fully saturated rings. The van der Waals surface area contributed by atoms with E-state index in [9.17, 15) is 25.7 Å². The zero-order chi connectivity index (χ0) is 16.9. The van der Waals surface area contributed by atoms with Gasteiger partial charge >= 0.3 is 0 Å². The van der Waals surface area contributed by atoms with Gasteiger partial charge in [-0.3, -0.25) is 4.79 Å². The number of amides is 1. The molecule has 114 valence electrons. The van der Waals surface area contributed by atoms with Crippen molar-refractivity contribution < 1.29 is 9.90 Å². The molecule has 0 spiro atoms. The molecular weight excluding hydrogens is 292 g/mol. The molecule has 1 amide bonds. The lowest BCUT2D eigenvalue weighted by Gasteiger charge is -2.48. The molecule has 1 aliphatic carbocycles. The molecule has 0 radical (unpaired) electrons. The first-order chi connectivity index (χ1) is 10.9. The Labute approximate surface area is 133 Å². The Morgan fingerprint density at radius 3 is 2.30 bits per heavy atom. The van der Waals surface area contributed by atoms with Gasteiger partial charge in [0.15, 0.2) is 10.8 Å². The van der Waals surface area contributed by atoms with E-state index < -0.39 is 34.3 Å². The molecule has 2 bridgehead atoms. The summed E-state index contributed by atoms with van der Waals surface area (Å²) in [6.07, 6.45) is -0.263. The molecule has 0 unspecified atom stereocenters. The van der Waals surface area contributed by atoms with E-state index in [-0.39, 0.29) is 6.42 Å². The van der Waals surface area contributed by atoms with Crippen LogP contribution in [0.5, 0.6) is 0 Å². The van der Waals surface area contributed by atoms with Crippen molar-refractivity contribution in [1.29, 1.82) is 15.8 Å². The lowest BCUT2D eigenvalue weighted by Crippen LogP contribution is -2.56. The van der Waals surface area contributed by atoms with E-state index in [1.165, 1.54) is 0 Å². The summed E-state index contributed by atoms with van der Waals surface area (Å²) in [4.78, 5) is 12.5. The van der Waals surface area contributed by atoms with Crippen molar-refractivity contribution in [1.82, 2.24) is 5.32 Å². The molecule has 1 aromatic carbocycles. The van der Waals surface area contributed by atoms with Crippen LogP contribution in [0, 0.1) is 50.7 Å². The SMILES string of the molecule is C[C@@H]1[C@H](c2ccccc2)C(C#N)(C#N)[C@]2(C#N)C[C@@]1(O)NC2=O. The van der Waals surface area contributed by atoms with Gasteiger partial charge in [-0.2, -0.15) is 15.8 Å². The monoisotopic (exact) mass is 306 g/mol. The normalized spacial score (nSPS) is 37.1. The molecule has 2 N–H and O–H groups in total. The lowest BCUT2D eigenvalue weighted by atomic mass is 9.49. The number of hydrogen-bond acceptors (Lipinski definition) is 5. The third-order valence-corrected chi connectivity index (χ3v) is 5.35. The maximum Gasteiger partial charge on any atom is 0.245 e. The number of nitrogens with zero attached hydrogens (tertiary/aromatic N) is 3. The van der Waals surface area contributed by atoms with Crippen LogP contribution in [-0.4, -0.2) is 16.7 Å². The first-order valence-corrected chi connectivity index (χ1v) is 7.24. The Kier molecular flexibility index (Phi) is 2.98. The fourth-order valence-corrected chi connectivity index (χ4v) is 4.07. The number of carbonyl (C=O) groups excluding carboxylic acids is 1. The maximum absolute atomic E-state index is 12.5. The number of fused-ring (bicyclic) bond motifs is 2. The summed E-state index contributed by atoms with van der Waals surface area (Å²) in [6.45, 7) is 1.69. The Morgan fingerprint density at radius 2 is 1.78 bits per heavy atom. The quantitative estimate of drug-likeness (QED) is 0.806. The summed E-state index contributed by atoms with van der Waals surface area (Å²) in [7, 11) is 0. The molecule has 1 heterocycles. The van der Waals surface area contributed by atoms with Gasteiger partial charge in [-0.15, -0.1) is 0 Å². The standard InChI is InChI=1S/C17H14N4O2/c1-11-13(12-5-3-2-4-6-12)16(9-19,10-20)15(8-18)7-17(11,23)21-14(15)22/h2-6,11,13,23H,7H2,1H3,(H,21,22)/t11-,13-,15+,17+/m1/s1. The van der Waals surface area contributed by atoms with E-state index >= 15 is 0 Å². The van der Waals surface area contributed by atoms with Crippen LogP contribution in [0.4, 0.5) is 0 Å². The Hall–Kier alpha value is -2.88. The fourth-order valence-electron chi connectivity index (χ4n) is 4.07. The number of aliphatic hydroxyl groups is 1. The van der Waals surface area contributed by atoms with Gasteiger partial charge < -0.3 is 10.4 Å². The van der Waals surface area contributed by atoms with Gasteiger partial charge in [-0.1, -0.05) is 37.3 Å². The molecule has 2 aliphatic rings. The number of nitrogens with one attached hydrogen (secondary N) is 1. The summed E-state index contributed by atoms with van der Waals surface area (Å²) in [5, 5.41) is 42.6. The van der Waals surface area contributed by atoms with Crippen molar-refractivity contribution >= 4 is 5.91 Å². The van der Waals surface area contributed by atoms with Crippen molar-refractivity contribution in [3.63, 3.8) is 0 Å². The number of carbonyl (C=O) groups is 1. The topological polar surface area (TPSA) is 121 Å². The first kappa shape index (κ1) is 15.0. The van der Waals surface area contributed by atoms with E-state index in [1.807, 2.05) is 18.2 Å². The molecular formula is C17H14N4O2. The average molecular weight is 306 g/mol. The van der Waals surface area contributed by atoms with E-state index in [0.29, 0.717) is 5.56 Å². The van der Waals surface area contributed by atoms with Crippen LogP contribution in [0.3, 0.4) is 0 Å². The largest absolute Gasteiger partial charge is 0.371 e. The van der Waals surface area contributed by atoms with Crippen LogP contribution in [0.1, 0.15) is 24.8 Å². The highest BCUT2D eigenvalue weighted by atomic mass is 16.3. The summed E-state index contributed by atoms with van der Waals surface area (Å²) in [5.41, 5.74) is -4.71. The van der Waals surface area contributed by atoms with Gasteiger partial charge in [0.25, 0.3) is 0 Å². The van der Waals surface area contributed by atoms with Gasteiger partial charge in [-0.25, -0.2) is 0 Å². The summed E-state index contributed by atoms with van der Waals surface area (Å²) in [6, 6.07) is 14.6. The van der Waals surface area contributed by atoms with Crippen molar-refractivity contribution in [2.24, 2.45) is 16.7 Å². The molecule has 3 rings (SSSR count). The van der Waals surface area contributed by atoms with Crippen molar-refractivity contribution in [3.05, 3.63) is 35.9 Å². The minimum atomic E-state index is -1.89. The third-order valence-electron chi connectivity index (χ3n) is 5.35. The molecule has 23 heavy (non-hydrogen) atoms. The minimum Gasteiger partial charge on any atom is -0.371 e. The Balaban J connectivity index is 2.35. The first-order valence-electron chi connectivity index (χ1n) is 7.24. The number of hydrogen-bond donors (Lipinski definition) is 2. The zero-order valence-corrected chi connectivity index (χ0v) is 12.4. The molecule has 1 saturated carbocycles. The van der Waals surface area contributed by atoms with Crippen LogP contribution in [0.15, 0.2) is 30.3 Å². The Bertz CT molecular complexity index is 787. The molecule has 1 saturated heterocycles. The van der Waals surface area contributed by atoms with Crippen molar-refractivity contribution in [2.75, 3.05) is 0 Å². The Morgan fingerprint density at radius 1 is 1.17 bits per heavy atom. The summed E-state index contributed by atoms with van der Waals surface area (Å²) >= 11 is 0. The highest BCUT2D eigenvalue weighted by molar-refractivity contribution is 5.92. The molecule has 1 aromatic rings. The number of nitriles is 3. The average Bonchev–Trinajstić information content (AvgIpc) is 2.82. The predicted molar refractivity (Wildman–Crippen MR) is 77.8 cm³/mol. The van der Waals surface area contributed by atoms with Crippen LogP contribution < -0.4 is 5.32 Å². The molecule has 1 aliphatic heterocycles. The van der Waals surface area contributed by atoms with E-state index in [0.717, 1.165) is 0 Å². The second-order valence-electron chi connectivity index (χ2n) is 6.28. The van der Waals surface area contributed by atoms with Crippen LogP contribution >= 0.6 is 0 Å². The van der Waals surface area contributed by atoms with E-state index in [1.54, 1.807) is 37.3 Å². The van der Waals surface area contributed by atoms with Crippen LogP contribution in [0.25, 0.3) is 0 Å². The maximum atomic E-state index is 12.5. The smallest absolute Gasteiger partial charge is 0.245 e. The van der Waals surface area contributed by atoms with Gasteiger partial charge in [0.05, 0.1) is 18.2 Å². The van der Waals surface area contributed by atoms with E-state index in [4.69, 9.17) is 0 Å². The van der Waals surface area contributed by atoms with Crippen molar-refractivity contribution in [2.45, 2.75) is 25.0 Å². The second kappa shape index (κ2) is 4.56. The fraction of sp³-hybridized carbons (Fsp3) is 0.412. The molecule has 0 aromatic heterocycles. The zero-order valence-electron chi connectivity index (χ0n) is 12.4. The van der Waals surface area contributed by atoms with Crippen molar-refractivity contribution in [3.8, 4) is 18.2 Å². The van der Waals surface area contributed by atoms with Gasteiger partial charge in [0.2, 0.25) is 5.91 Å². The second-order valence-corrected chi connectivity index (χ2v) is 6.28. The highest BCUT2D eigenvalue weighted by Crippen LogP contribution is 2.64.